The van der Waals surface area contributed by atoms with Crippen molar-refractivity contribution in [3.63, 3.8) is 0 Å². The van der Waals surface area contributed by atoms with Gasteiger partial charge in [-0.15, -0.1) is 0 Å². The van der Waals surface area contributed by atoms with Gasteiger partial charge in [0.1, 0.15) is 0 Å². The fourth-order valence-corrected chi connectivity index (χ4v) is 4.95. The summed E-state index contributed by atoms with van der Waals surface area (Å²) >= 11 is 6.41. The smallest absolute Gasteiger partial charge is 0.0555 e. The molecule has 0 unspecified atom stereocenters. The second-order valence-electron chi connectivity index (χ2n) is 8.04. The number of aromatic nitrogens is 1. The number of hydrogen-bond donors (Lipinski definition) is 0. The maximum Gasteiger partial charge on any atom is 0.0555 e. The average molecular weight is 418 g/mol. The second-order valence-corrected chi connectivity index (χ2v) is 8.48. The number of para-hydroxylation sites is 1. The van der Waals surface area contributed by atoms with Crippen LogP contribution < -0.4 is 0 Å². The molecule has 0 bridgehead atoms. The van der Waals surface area contributed by atoms with Crippen molar-refractivity contribution in [2.75, 3.05) is 0 Å². The first-order valence-corrected chi connectivity index (χ1v) is 10.9. The number of rotatable bonds is 2. The van der Waals surface area contributed by atoms with Gasteiger partial charge in [-0.3, -0.25) is 0 Å². The van der Waals surface area contributed by atoms with Crippen LogP contribution in [0.2, 0.25) is 5.02 Å². The zero-order valence-corrected chi connectivity index (χ0v) is 17.9. The molecule has 2 heteroatoms. The molecule has 0 amide bonds. The van der Waals surface area contributed by atoms with E-state index in [1.165, 1.54) is 43.8 Å². The van der Waals surface area contributed by atoms with Crippen LogP contribution in [-0.2, 0) is 0 Å². The molecule has 0 aliphatic rings. The van der Waals surface area contributed by atoms with Crippen LogP contribution in [0.15, 0.2) is 103 Å². The van der Waals surface area contributed by atoms with Gasteiger partial charge in [-0.25, -0.2) is 0 Å². The number of hydrogen-bond acceptors (Lipinski definition) is 0. The molecule has 5 aromatic carbocycles. The molecule has 0 atom stereocenters. The summed E-state index contributed by atoms with van der Waals surface area (Å²) in [6, 6.07) is 36.5. The predicted molar refractivity (Wildman–Crippen MR) is 133 cm³/mol. The summed E-state index contributed by atoms with van der Waals surface area (Å²) in [6.45, 7) is 2.19. The Morgan fingerprint density at radius 1 is 0.613 bits per heavy atom. The molecule has 0 radical (unpaired) electrons. The molecule has 0 saturated carbocycles. The molecule has 0 N–H and O–H groups in total. The third-order valence-corrected chi connectivity index (χ3v) is 6.40. The first kappa shape index (κ1) is 18.2. The molecule has 1 nitrogen and oxygen atoms in total. The Bertz CT molecular complexity index is 1610. The standard InChI is InChI=1S/C29H20ClN/c1-19-13-14-20-7-2-3-10-24(20)29(19)21-8-6-9-23(17-21)31-27-12-5-4-11-25(27)26-16-15-22(30)18-28(26)31/h2-18H,1H3. The monoisotopic (exact) mass is 417 g/mol. The van der Waals surface area contributed by atoms with E-state index in [-0.39, 0.29) is 0 Å². The summed E-state index contributed by atoms with van der Waals surface area (Å²) < 4.78 is 2.32. The van der Waals surface area contributed by atoms with E-state index >= 15 is 0 Å². The third-order valence-electron chi connectivity index (χ3n) is 6.17. The molecular weight excluding hydrogens is 398 g/mol. The molecule has 148 valence electrons. The highest BCUT2D eigenvalue weighted by Gasteiger charge is 2.14. The summed E-state index contributed by atoms with van der Waals surface area (Å²) in [5.74, 6) is 0. The van der Waals surface area contributed by atoms with Crippen molar-refractivity contribution in [2.24, 2.45) is 0 Å². The quantitative estimate of drug-likeness (QED) is 0.266. The maximum absolute atomic E-state index is 6.41. The minimum Gasteiger partial charge on any atom is -0.309 e. The van der Waals surface area contributed by atoms with Gasteiger partial charge >= 0.3 is 0 Å². The maximum atomic E-state index is 6.41. The van der Waals surface area contributed by atoms with Crippen molar-refractivity contribution in [3.8, 4) is 16.8 Å². The van der Waals surface area contributed by atoms with Gasteiger partial charge in [0.15, 0.2) is 0 Å². The molecular formula is C29H20ClN. The number of fused-ring (bicyclic) bond motifs is 4. The van der Waals surface area contributed by atoms with Gasteiger partial charge in [-0.2, -0.15) is 0 Å². The van der Waals surface area contributed by atoms with Gasteiger partial charge in [-0.05, 0) is 64.7 Å². The largest absolute Gasteiger partial charge is 0.309 e. The zero-order valence-electron chi connectivity index (χ0n) is 17.1. The number of aryl methyl sites for hydroxylation is 1. The lowest BCUT2D eigenvalue weighted by Crippen LogP contribution is -1.95. The third kappa shape index (κ3) is 2.85. The Hall–Kier alpha value is -3.55. The van der Waals surface area contributed by atoms with E-state index in [2.05, 4.69) is 109 Å². The summed E-state index contributed by atoms with van der Waals surface area (Å²) in [7, 11) is 0. The highest BCUT2D eigenvalue weighted by molar-refractivity contribution is 6.31. The van der Waals surface area contributed by atoms with E-state index in [1.807, 2.05) is 6.07 Å². The van der Waals surface area contributed by atoms with Gasteiger partial charge in [0.25, 0.3) is 0 Å². The van der Waals surface area contributed by atoms with Crippen molar-refractivity contribution < 1.29 is 0 Å². The molecule has 6 rings (SSSR count). The van der Waals surface area contributed by atoms with Crippen LogP contribution in [0.4, 0.5) is 0 Å². The minimum atomic E-state index is 0.748. The van der Waals surface area contributed by atoms with E-state index in [0.717, 1.165) is 16.2 Å². The zero-order chi connectivity index (χ0) is 20.9. The predicted octanol–water partition coefficient (Wildman–Crippen LogP) is 8.57. The first-order chi connectivity index (χ1) is 15.2. The average Bonchev–Trinajstić information content (AvgIpc) is 3.12. The van der Waals surface area contributed by atoms with Gasteiger partial charge in [0, 0.05) is 21.5 Å². The Balaban J connectivity index is 1.66. The van der Waals surface area contributed by atoms with Crippen LogP contribution in [0.3, 0.4) is 0 Å². The van der Waals surface area contributed by atoms with E-state index < -0.39 is 0 Å². The fraction of sp³-hybridized carbons (Fsp3) is 0.0345. The minimum absolute atomic E-state index is 0.748. The van der Waals surface area contributed by atoms with Crippen LogP contribution in [-0.4, -0.2) is 4.57 Å². The molecule has 31 heavy (non-hydrogen) atoms. The van der Waals surface area contributed by atoms with Crippen LogP contribution in [0, 0.1) is 6.92 Å². The molecule has 1 aromatic heterocycles. The number of nitrogens with zero attached hydrogens (tertiary/aromatic N) is 1. The summed E-state index contributed by atoms with van der Waals surface area (Å²) in [6.07, 6.45) is 0. The van der Waals surface area contributed by atoms with Gasteiger partial charge in [0.2, 0.25) is 0 Å². The summed E-state index contributed by atoms with van der Waals surface area (Å²) in [5, 5.41) is 5.74. The van der Waals surface area contributed by atoms with E-state index in [4.69, 9.17) is 11.6 Å². The Labute approximate surface area is 186 Å². The molecule has 0 fully saturated rings. The van der Waals surface area contributed by atoms with Crippen molar-refractivity contribution in [2.45, 2.75) is 6.92 Å². The fourth-order valence-electron chi connectivity index (χ4n) is 4.79. The van der Waals surface area contributed by atoms with Gasteiger partial charge < -0.3 is 4.57 Å². The van der Waals surface area contributed by atoms with E-state index in [1.54, 1.807) is 0 Å². The van der Waals surface area contributed by atoms with Crippen LogP contribution in [0.1, 0.15) is 5.56 Å². The molecule has 1 heterocycles. The van der Waals surface area contributed by atoms with Gasteiger partial charge in [0.05, 0.1) is 11.0 Å². The van der Waals surface area contributed by atoms with Crippen LogP contribution in [0.25, 0.3) is 49.4 Å². The molecule has 0 spiro atoms. The lowest BCUT2D eigenvalue weighted by atomic mass is 9.94. The number of halogens is 1. The Morgan fingerprint density at radius 2 is 1.39 bits per heavy atom. The highest BCUT2D eigenvalue weighted by atomic mass is 35.5. The van der Waals surface area contributed by atoms with Crippen molar-refractivity contribution in [1.29, 1.82) is 0 Å². The summed E-state index contributed by atoms with van der Waals surface area (Å²) in [5.41, 5.74) is 7.24. The van der Waals surface area contributed by atoms with E-state index in [9.17, 15) is 0 Å². The van der Waals surface area contributed by atoms with Crippen molar-refractivity contribution >= 4 is 44.2 Å². The Kier molecular flexibility index (Phi) is 4.12. The molecule has 0 saturated heterocycles. The molecule has 6 aromatic rings. The normalized spacial score (nSPS) is 11.5. The number of benzene rings is 5. The summed E-state index contributed by atoms with van der Waals surface area (Å²) in [4.78, 5) is 0. The first-order valence-electron chi connectivity index (χ1n) is 10.5. The SMILES string of the molecule is Cc1ccc2ccccc2c1-c1cccc(-n2c3ccccc3c3ccc(Cl)cc32)c1. The molecule has 0 aliphatic heterocycles. The van der Waals surface area contributed by atoms with E-state index in [0.29, 0.717) is 0 Å². The lowest BCUT2D eigenvalue weighted by molar-refractivity contribution is 1.18. The molecule has 0 aliphatic carbocycles. The Morgan fingerprint density at radius 3 is 2.29 bits per heavy atom. The second kappa shape index (κ2) is 7.01. The van der Waals surface area contributed by atoms with Gasteiger partial charge in [-0.1, -0.05) is 84.4 Å². The van der Waals surface area contributed by atoms with Crippen molar-refractivity contribution in [1.82, 2.24) is 4.57 Å². The van der Waals surface area contributed by atoms with Crippen LogP contribution in [0.5, 0.6) is 0 Å². The lowest BCUT2D eigenvalue weighted by Gasteiger charge is -2.14. The van der Waals surface area contributed by atoms with Crippen LogP contribution >= 0.6 is 11.6 Å². The topological polar surface area (TPSA) is 4.93 Å². The van der Waals surface area contributed by atoms with Crippen molar-refractivity contribution in [3.05, 3.63) is 114 Å². The highest BCUT2D eigenvalue weighted by Crippen LogP contribution is 2.36.